The molecule has 1 aliphatic rings. The van der Waals surface area contributed by atoms with Gasteiger partial charge in [0.15, 0.2) is 0 Å². The highest BCUT2D eigenvalue weighted by Crippen LogP contribution is 2.21. The molecule has 1 heterocycles. The zero-order chi connectivity index (χ0) is 15.4. The van der Waals surface area contributed by atoms with Crippen molar-refractivity contribution in [3.05, 3.63) is 35.4 Å². The van der Waals surface area contributed by atoms with Crippen molar-refractivity contribution in [2.45, 2.75) is 6.92 Å². The summed E-state index contributed by atoms with van der Waals surface area (Å²) in [6.45, 7) is 1.15. The summed E-state index contributed by atoms with van der Waals surface area (Å²) in [4.78, 5) is 47.7. The molecule has 0 aliphatic carbocycles. The van der Waals surface area contributed by atoms with Crippen LogP contribution in [0.3, 0.4) is 0 Å². The molecule has 0 bridgehead atoms. The fourth-order valence-electron chi connectivity index (χ4n) is 1.97. The van der Waals surface area contributed by atoms with Crippen molar-refractivity contribution in [1.82, 2.24) is 10.2 Å². The Morgan fingerprint density at radius 2 is 1.71 bits per heavy atom. The quantitative estimate of drug-likeness (QED) is 0.607. The molecule has 0 aromatic heterocycles. The molecule has 2 rings (SSSR count). The molecular formula is C14H14N2O5. The zero-order valence-electron chi connectivity index (χ0n) is 11.4. The molecule has 1 aromatic rings. The number of carbonyl (C=O) groups excluding carboxylic acids is 4. The third-order valence-corrected chi connectivity index (χ3v) is 2.92. The molecule has 1 aliphatic heterocycles. The molecule has 0 radical (unpaired) electrons. The summed E-state index contributed by atoms with van der Waals surface area (Å²) in [5.41, 5.74) is 0.557. The molecule has 110 valence electrons. The fraction of sp³-hybridized carbons (Fsp3) is 0.286. The lowest BCUT2D eigenvalue weighted by Crippen LogP contribution is -2.42. The van der Waals surface area contributed by atoms with Gasteiger partial charge in [0.25, 0.3) is 11.8 Å². The van der Waals surface area contributed by atoms with Gasteiger partial charge in [0.1, 0.15) is 13.1 Å². The number of amides is 3. The first-order valence-electron chi connectivity index (χ1n) is 6.42. The Morgan fingerprint density at radius 1 is 1.14 bits per heavy atom. The van der Waals surface area contributed by atoms with Crippen molar-refractivity contribution in [3.63, 3.8) is 0 Å². The molecule has 21 heavy (non-hydrogen) atoms. The van der Waals surface area contributed by atoms with Crippen molar-refractivity contribution in [2.75, 3.05) is 19.7 Å². The molecule has 0 saturated carbocycles. The maximum atomic E-state index is 12.0. The molecule has 0 unspecified atom stereocenters. The smallest absolute Gasteiger partial charge is 0.325 e. The molecule has 7 nitrogen and oxygen atoms in total. The van der Waals surface area contributed by atoms with E-state index in [1.807, 2.05) is 0 Å². The van der Waals surface area contributed by atoms with Crippen molar-refractivity contribution < 1.29 is 23.9 Å². The van der Waals surface area contributed by atoms with Gasteiger partial charge in [-0.3, -0.25) is 24.1 Å². The molecule has 0 atom stereocenters. The highest BCUT2D eigenvalue weighted by molar-refractivity contribution is 6.22. The van der Waals surface area contributed by atoms with Crippen LogP contribution in [0.2, 0.25) is 0 Å². The Hall–Kier alpha value is -2.70. The Kier molecular flexibility index (Phi) is 4.32. The summed E-state index contributed by atoms with van der Waals surface area (Å²) in [7, 11) is 0. The monoisotopic (exact) mass is 290 g/mol. The second-order valence-corrected chi connectivity index (χ2v) is 4.32. The van der Waals surface area contributed by atoms with Crippen molar-refractivity contribution >= 4 is 23.7 Å². The number of fused-ring (bicyclic) bond motifs is 1. The van der Waals surface area contributed by atoms with E-state index in [2.05, 4.69) is 10.1 Å². The van der Waals surface area contributed by atoms with E-state index in [9.17, 15) is 19.2 Å². The number of esters is 1. The standard InChI is InChI=1S/C14H14N2O5/c1-2-21-12(18)7-15-11(17)8-16-13(19)9-5-3-4-6-10(9)14(16)20/h3-6H,2,7-8H2,1H3,(H,15,17). The van der Waals surface area contributed by atoms with Crippen LogP contribution in [-0.2, 0) is 14.3 Å². The lowest BCUT2D eigenvalue weighted by Gasteiger charge is -2.13. The van der Waals surface area contributed by atoms with Gasteiger partial charge in [0.2, 0.25) is 5.91 Å². The third kappa shape index (κ3) is 3.07. The molecule has 0 fully saturated rings. The van der Waals surface area contributed by atoms with Gasteiger partial charge in [0.05, 0.1) is 17.7 Å². The van der Waals surface area contributed by atoms with Gasteiger partial charge in [-0.1, -0.05) is 12.1 Å². The Bertz CT molecular complexity index is 576. The van der Waals surface area contributed by atoms with Gasteiger partial charge in [-0.05, 0) is 19.1 Å². The van der Waals surface area contributed by atoms with Crippen molar-refractivity contribution in [1.29, 1.82) is 0 Å². The summed E-state index contributed by atoms with van der Waals surface area (Å²) in [5, 5.41) is 2.30. The SMILES string of the molecule is CCOC(=O)CNC(=O)CN1C(=O)c2ccccc2C1=O. The predicted molar refractivity (Wildman–Crippen MR) is 71.5 cm³/mol. The fourth-order valence-corrected chi connectivity index (χ4v) is 1.97. The summed E-state index contributed by atoms with van der Waals surface area (Å²) in [6, 6.07) is 6.36. The number of carbonyl (C=O) groups is 4. The van der Waals surface area contributed by atoms with Gasteiger partial charge in [-0.2, -0.15) is 0 Å². The second kappa shape index (κ2) is 6.17. The maximum Gasteiger partial charge on any atom is 0.325 e. The zero-order valence-corrected chi connectivity index (χ0v) is 11.4. The highest BCUT2D eigenvalue weighted by Gasteiger charge is 2.36. The number of ether oxygens (including phenoxy) is 1. The molecule has 0 spiro atoms. The number of hydrogen-bond donors (Lipinski definition) is 1. The first-order valence-corrected chi connectivity index (χ1v) is 6.42. The van der Waals surface area contributed by atoms with Crippen molar-refractivity contribution in [2.24, 2.45) is 0 Å². The summed E-state index contributed by atoms with van der Waals surface area (Å²) in [5.74, 6) is -2.20. The lowest BCUT2D eigenvalue weighted by molar-refractivity contribution is -0.143. The lowest BCUT2D eigenvalue weighted by atomic mass is 10.1. The van der Waals surface area contributed by atoms with Crippen LogP contribution in [0.1, 0.15) is 27.6 Å². The van der Waals surface area contributed by atoms with E-state index in [1.54, 1.807) is 19.1 Å². The van der Waals surface area contributed by atoms with E-state index in [1.165, 1.54) is 12.1 Å². The van der Waals surface area contributed by atoms with Gasteiger partial charge < -0.3 is 10.1 Å². The van der Waals surface area contributed by atoms with E-state index in [0.717, 1.165) is 4.90 Å². The number of benzene rings is 1. The van der Waals surface area contributed by atoms with E-state index in [4.69, 9.17) is 0 Å². The Balaban J connectivity index is 1.96. The van der Waals surface area contributed by atoms with Crippen LogP contribution >= 0.6 is 0 Å². The summed E-state index contributed by atoms with van der Waals surface area (Å²) in [6.07, 6.45) is 0. The van der Waals surface area contributed by atoms with Gasteiger partial charge >= 0.3 is 5.97 Å². The van der Waals surface area contributed by atoms with Crippen LogP contribution in [-0.4, -0.2) is 48.3 Å². The van der Waals surface area contributed by atoms with Crippen LogP contribution < -0.4 is 5.32 Å². The number of nitrogens with one attached hydrogen (secondary N) is 1. The van der Waals surface area contributed by atoms with Crippen LogP contribution in [0.4, 0.5) is 0 Å². The minimum absolute atomic E-state index is 0.215. The Morgan fingerprint density at radius 3 is 2.24 bits per heavy atom. The maximum absolute atomic E-state index is 12.0. The first kappa shape index (κ1) is 14.7. The number of nitrogens with zero attached hydrogens (tertiary/aromatic N) is 1. The molecule has 0 saturated heterocycles. The van der Waals surface area contributed by atoms with Crippen LogP contribution in [0.15, 0.2) is 24.3 Å². The molecule has 7 heteroatoms. The number of imide groups is 1. The normalized spacial score (nSPS) is 13.1. The van der Waals surface area contributed by atoms with E-state index < -0.39 is 30.2 Å². The predicted octanol–water partition coefficient (Wildman–Crippen LogP) is -0.0381. The average molecular weight is 290 g/mol. The molecule has 1 N–H and O–H groups in total. The highest BCUT2D eigenvalue weighted by atomic mass is 16.5. The van der Waals surface area contributed by atoms with Gasteiger partial charge in [-0.15, -0.1) is 0 Å². The van der Waals surface area contributed by atoms with Gasteiger partial charge in [-0.25, -0.2) is 0 Å². The van der Waals surface area contributed by atoms with E-state index >= 15 is 0 Å². The minimum Gasteiger partial charge on any atom is -0.465 e. The largest absolute Gasteiger partial charge is 0.465 e. The minimum atomic E-state index is -0.599. The number of rotatable bonds is 5. The summed E-state index contributed by atoms with van der Waals surface area (Å²) >= 11 is 0. The van der Waals surface area contributed by atoms with Crippen LogP contribution in [0.5, 0.6) is 0 Å². The molecular weight excluding hydrogens is 276 g/mol. The van der Waals surface area contributed by atoms with Gasteiger partial charge in [0, 0.05) is 0 Å². The topological polar surface area (TPSA) is 92.8 Å². The Labute approximate surface area is 120 Å². The average Bonchev–Trinajstić information content (AvgIpc) is 2.71. The molecule has 1 aromatic carbocycles. The van der Waals surface area contributed by atoms with Crippen LogP contribution in [0.25, 0.3) is 0 Å². The van der Waals surface area contributed by atoms with Crippen LogP contribution in [0, 0.1) is 0 Å². The van der Waals surface area contributed by atoms with E-state index in [0.29, 0.717) is 0 Å². The second-order valence-electron chi connectivity index (χ2n) is 4.32. The number of hydrogen-bond acceptors (Lipinski definition) is 5. The first-order chi connectivity index (χ1) is 10.0. The van der Waals surface area contributed by atoms with Crippen molar-refractivity contribution in [3.8, 4) is 0 Å². The molecule has 3 amide bonds. The third-order valence-electron chi connectivity index (χ3n) is 2.92. The summed E-state index contributed by atoms with van der Waals surface area (Å²) < 4.78 is 4.65. The van der Waals surface area contributed by atoms with E-state index in [-0.39, 0.29) is 24.3 Å².